The third kappa shape index (κ3) is 7.16. The van der Waals surface area contributed by atoms with Gasteiger partial charge in [-0.2, -0.15) is 0 Å². The molecule has 2 aromatic rings. The van der Waals surface area contributed by atoms with Crippen molar-refractivity contribution in [2.75, 3.05) is 0 Å². The average molecular weight is 437 g/mol. The van der Waals surface area contributed by atoms with Crippen LogP contribution in [0.3, 0.4) is 0 Å². The number of nitrogens with one attached hydrogen (secondary N) is 2. The molecule has 29 heavy (non-hydrogen) atoms. The second-order valence-corrected chi connectivity index (χ2v) is 9.27. The van der Waals surface area contributed by atoms with E-state index in [4.69, 9.17) is 17.3 Å². The summed E-state index contributed by atoms with van der Waals surface area (Å²) in [4.78, 5) is 24.9. The van der Waals surface area contributed by atoms with E-state index in [-0.39, 0.29) is 17.4 Å². The number of hydrogen-bond donors (Lipinski definition) is 3. The summed E-state index contributed by atoms with van der Waals surface area (Å²) in [6.45, 7) is 4.05. The monoisotopic (exact) mass is 436 g/mol. The maximum Gasteiger partial charge on any atom is 0.327 e. The number of benzene rings is 2. The number of nitrogens with zero attached hydrogens (tertiary/aromatic N) is 1. The Morgan fingerprint density at radius 3 is 2.45 bits per heavy atom. The highest BCUT2D eigenvalue weighted by Crippen LogP contribution is 2.18. The molecule has 2 atom stereocenters. The van der Waals surface area contributed by atoms with Crippen molar-refractivity contribution < 1.29 is 13.8 Å². The Labute approximate surface area is 176 Å². The van der Waals surface area contributed by atoms with Gasteiger partial charge in [0.05, 0.1) is 10.9 Å². The molecule has 0 aliphatic heterocycles. The number of carbonyl (C=O) groups excluding carboxylic acids is 2. The van der Waals surface area contributed by atoms with Crippen molar-refractivity contribution in [3.05, 3.63) is 65.2 Å². The van der Waals surface area contributed by atoms with Gasteiger partial charge < -0.3 is 11.1 Å². The van der Waals surface area contributed by atoms with E-state index < -0.39 is 27.9 Å². The largest absolute Gasteiger partial charge is 0.333 e. The van der Waals surface area contributed by atoms with Gasteiger partial charge in [0.1, 0.15) is 0 Å². The van der Waals surface area contributed by atoms with Crippen molar-refractivity contribution in [2.45, 2.75) is 37.8 Å². The van der Waals surface area contributed by atoms with Gasteiger partial charge in [0.15, 0.2) is 9.92 Å². The standard InChI is InChI=1S/C20H25ClN4O3S/c1-14(2)11-18(22)19(26)24-29(28,17-10-6-9-16(21)12-17)25-20(27)23-13-15-7-4-3-5-8-15/h3-10,12,14,18H,11,13,22H2,1-2H3,(H2,23,24,25,26,27,28). The number of rotatable bonds is 7. The normalized spacial score (nSPS) is 14.0. The van der Waals surface area contributed by atoms with Crippen LogP contribution in [0.2, 0.25) is 5.02 Å². The summed E-state index contributed by atoms with van der Waals surface area (Å²) >= 11 is 5.99. The van der Waals surface area contributed by atoms with E-state index in [1.54, 1.807) is 12.1 Å². The van der Waals surface area contributed by atoms with E-state index in [2.05, 4.69) is 14.4 Å². The van der Waals surface area contributed by atoms with Crippen LogP contribution >= 0.6 is 11.6 Å². The highest BCUT2D eigenvalue weighted by atomic mass is 35.5. The summed E-state index contributed by atoms with van der Waals surface area (Å²) in [5, 5.41) is 2.91. The molecule has 0 saturated heterocycles. The van der Waals surface area contributed by atoms with Gasteiger partial charge in [-0.15, -0.1) is 4.36 Å². The van der Waals surface area contributed by atoms with Crippen LogP contribution in [-0.4, -0.2) is 22.2 Å². The summed E-state index contributed by atoms with van der Waals surface area (Å²) in [5.74, 6) is -0.583. The highest BCUT2D eigenvalue weighted by Gasteiger charge is 2.22. The van der Waals surface area contributed by atoms with E-state index in [1.165, 1.54) is 12.1 Å². The highest BCUT2D eigenvalue weighted by molar-refractivity contribution is 7.92. The fourth-order valence-electron chi connectivity index (χ4n) is 2.52. The van der Waals surface area contributed by atoms with Crippen LogP contribution in [0.25, 0.3) is 0 Å². The fourth-order valence-corrected chi connectivity index (χ4v) is 4.30. The molecule has 0 spiro atoms. The number of urea groups is 1. The number of nitrogens with two attached hydrogens (primary N) is 1. The number of hydrogen-bond acceptors (Lipinski definition) is 4. The lowest BCUT2D eigenvalue weighted by Crippen LogP contribution is -2.40. The molecule has 3 amide bonds. The molecular formula is C20H25ClN4O3S. The molecule has 156 valence electrons. The second kappa shape index (κ2) is 10.4. The maximum absolute atomic E-state index is 13.5. The zero-order valence-electron chi connectivity index (χ0n) is 16.3. The molecular weight excluding hydrogens is 412 g/mol. The van der Waals surface area contributed by atoms with E-state index >= 15 is 0 Å². The zero-order valence-corrected chi connectivity index (χ0v) is 17.9. The van der Waals surface area contributed by atoms with Gasteiger partial charge in [0.25, 0.3) is 5.91 Å². The van der Waals surface area contributed by atoms with Gasteiger partial charge in [0.2, 0.25) is 0 Å². The van der Waals surface area contributed by atoms with Crippen LogP contribution in [0.4, 0.5) is 4.79 Å². The minimum absolute atomic E-state index is 0.116. The van der Waals surface area contributed by atoms with Crippen LogP contribution in [0.1, 0.15) is 25.8 Å². The molecule has 2 aromatic carbocycles. The molecule has 0 heterocycles. The summed E-state index contributed by atoms with van der Waals surface area (Å²) in [7, 11) is -3.62. The fraction of sp³-hybridized carbons (Fsp3) is 0.300. The quantitative estimate of drug-likeness (QED) is 0.616. The van der Waals surface area contributed by atoms with Gasteiger partial charge >= 0.3 is 6.03 Å². The van der Waals surface area contributed by atoms with Gasteiger partial charge in [-0.05, 0) is 36.1 Å². The average Bonchev–Trinajstić information content (AvgIpc) is 2.66. The molecule has 0 fully saturated rings. The van der Waals surface area contributed by atoms with Crippen molar-refractivity contribution in [3.63, 3.8) is 0 Å². The summed E-state index contributed by atoms with van der Waals surface area (Å²) < 4.78 is 19.6. The molecule has 0 aliphatic rings. The Hall–Kier alpha value is -2.42. The molecule has 2 rings (SSSR count). The van der Waals surface area contributed by atoms with E-state index in [1.807, 2.05) is 44.2 Å². The Morgan fingerprint density at radius 1 is 1.14 bits per heavy atom. The van der Waals surface area contributed by atoms with Crippen LogP contribution in [0.5, 0.6) is 0 Å². The van der Waals surface area contributed by atoms with Gasteiger partial charge in [-0.1, -0.05) is 61.8 Å². The lowest BCUT2D eigenvalue weighted by Gasteiger charge is -2.15. The lowest BCUT2D eigenvalue weighted by molar-refractivity contribution is -0.119. The zero-order chi connectivity index (χ0) is 21.4. The Bertz CT molecular complexity index is 973. The van der Waals surface area contributed by atoms with Crippen molar-refractivity contribution >= 4 is 33.5 Å². The molecule has 7 nitrogen and oxygen atoms in total. The predicted molar refractivity (Wildman–Crippen MR) is 115 cm³/mol. The number of carbonyl (C=O) groups is 2. The third-order valence-corrected chi connectivity index (χ3v) is 5.93. The topological polar surface area (TPSA) is 114 Å². The second-order valence-electron chi connectivity index (χ2n) is 6.92. The predicted octanol–water partition coefficient (Wildman–Crippen LogP) is 3.48. The van der Waals surface area contributed by atoms with Gasteiger partial charge in [-0.25, -0.2) is 13.7 Å². The van der Waals surface area contributed by atoms with Gasteiger partial charge in [0, 0.05) is 11.6 Å². The number of amides is 3. The third-order valence-electron chi connectivity index (χ3n) is 3.90. The van der Waals surface area contributed by atoms with Crippen molar-refractivity contribution in [1.82, 2.24) is 10.0 Å². The molecule has 2 unspecified atom stereocenters. The molecule has 4 N–H and O–H groups in total. The molecule has 0 saturated carbocycles. The Morgan fingerprint density at radius 2 is 1.83 bits per heavy atom. The minimum atomic E-state index is -3.62. The first kappa shape index (κ1) is 22.9. The van der Waals surface area contributed by atoms with Crippen molar-refractivity contribution in [1.29, 1.82) is 0 Å². The van der Waals surface area contributed by atoms with Crippen molar-refractivity contribution in [3.8, 4) is 0 Å². The van der Waals surface area contributed by atoms with E-state index in [0.717, 1.165) is 5.56 Å². The van der Waals surface area contributed by atoms with E-state index in [9.17, 15) is 13.8 Å². The molecule has 0 aromatic heterocycles. The first-order valence-electron chi connectivity index (χ1n) is 9.11. The van der Waals surface area contributed by atoms with Crippen LogP contribution in [-0.2, 0) is 21.3 Å². The smallest absolute Gasteiger partial charge is 0.327 e. The first-order valence-corrected chi connectivity index (χ1v) is 11.0. The van der Waals surface area contributed by atoms with Gasteiger partial charge in [-0.3, -0.25) is 4.79 Å². The van der Waals surface area contributed by atoms with E-state index in [0.29, 0.717) is 11.4 Å². The van der Waals surface area contributed by atoms with Crippen LogP contribution < -0.4 is 15.8 Å². The maximum atomic E-state index is 13.5. The molecule has 0 aliphatic carbocycles. The molecule has 0 bridgehead atoms. The van der Waals surface area contributed by atoms with Crippen molar-refractivity contribution in [2.24, 2.45) is 16.0 Å². The minimum Gasteiger partial charge on any atom is -0.333 e. The Kier molecular flexibility index (Phi) is 8.19. The first-order chi connectivity index (χ1) is 13.7. The summed E-state index contributed by atoms with van der Waals surface area (Å²) in [5.41, 5.74) is 6.74. The SMILES string of the molecule is CC(C)CC(N)C(=O)N=S(=O)(NC(=O)NCc1ccccc1)c1cccc(Cl)c1. The molecule has 0 radical (unpaired) electrons. The lowest BCUT2D eigenvalue weighted by atomic mass is 10.0. The van der Waals surface area contributed by atoms with Crippen LogP contribution in [0.15, 0.2) is 63.9 Å². The molecule has 9 heteroatoms. The van der Waals surface area contributed by atoms with Crippen LogP contribution in [0, 0.1) is 5.92 Å². The summed E-state index contributed by atoms with van der Waals surface area (Å²) in [6, 6.07) is 13.6. The number of halogens is 1. The summed E-state index contributed by atoms with van der Waals surface area (Å²) in [6.07, 6.45) is 0.383. The Balaban J connectivity index is 2.27.